The third-order valence-corrected chi connectivity index (χ3v) is 13.5. The number of benzene rings is 7. The predicted molar refractivity (Wildman–Crippen MR) is 274 cm³/mol. The minimum Gasteiger partial charge on any atom is -0.457 e. The third kappa shape index (κ3) is 6.50. The number of para-hydroxylation sites is 3. The summed E-state index contributed by atoms with van der Waals surface area (Å²) in [5.74, 6) is 3.68. The first-order valence-corrected chi connectivity index (χ1v) is 23.3. The van der Waals surface area contributed by atoms with Gasteiger partial charge in [-0.1, -0.05) is 140 Å². The maximum absolute atomic E-state index is 6.94. The van der Waals surface area contributed by atoms with E-state index >= 15 is 0 Å². The zero-order valence-electron chi connectivity index (χ0n) is 38.5. The van der Waals surface area contributed by atoms with Crippen molar-refractivity contribution in [3.05, 3.63) is 180 Å². The number of rotatable bonds is 9. The summed E-state index contributed by atoms with van der Waals surface area (Å²) in [4.78, 5) is 10.3. The van der Waals surface area contributed by atoms with Gasteiger partial charge in [0.25, 0.3) is 0 Å². The lowest BCUT2D eigenvalue weighted by molar-refractivity contribution is 0.484. The molecule has 0 spiro atoms. The van der Waals surface area contributed by atoms with Crippen LogP contribution in [0.4, 0.5) is 0 Å². The lowest BCUT2D eigenvalue weighted by Crippen LogP contribution is -2.05. The maximum Gasteiger partial charge on any atom is 0.146 e. The molecule has 4 heterocycles. The zero-order chi connectivity index (χ0) is 44.7. The summed E-state index contributed by atoms with van der Waals surface area (Å²) >= 11 is 0. The summed E-state index contributed by atoms with van der Waals surface area (Å²) in [6, 6.07) is 54.9. The van der Waals surface area contributed by atoms with Crippen LogP contribution in [-0.2, 0) is 0 Å². The largest absolute Gasteiger partial charge is 0.457 e. The number of hydrogen-bond acceptors (Lipinski definition) is 3. The van der Waals surface area contributed by atoms with Gasteiger partial charge in [0.1, 0.15) is 23.0 Å². The zero-order valence-corrected chi connectivity index (χ0v) is 38.5. The second kappa shape index (κ2) is 15.8. The van der Waals surface area contributed by atoms with Crippen LogP contribution in [0.5, 0.6) is 11.5 Å². The van der Waals surface area contributed by atoms with Crippen molar-refractivity contribution in [2.75, 3.05) is 0 Å². The highest BCUT2D eigenvalue weighted by atomic mass is 16.5. The Kier molecular flexibility index (Phi) is 9.84. The molecular weight excluding hydrogens is 793 g/mol. The molecule has 0 fully saturated rings. The van der Waals surface area contributed by atoms with Gasteiger partial charge < -0.3 is 4.74 Å². The van der Waals surface area contributed by atoms with Crippen molar-refractivity contribution >= 4 is 60.2 Å². The molecule has 11 aromatic rings. The van der Waals surface area contributed by atoms with Crippen molar-refractivity contribution in [3.63, 3.8) is 0 Å². The molecule has 4 aromatic heterocycles. The Morgan fingerprint density at radius 3 is 1.65 bits per heavy atom. The van der Waals surface area contributed by atoms with E-state index in [1.165, 1.54) is 60.8 Å². The van der Waals surface area contributed by atoms with Crippen molar-refractivity contribution in [1.29, 1.82) is 0 Å². The molecule has 0 aliphatic rings. The summed E-state index contributed by atoms with van der Waals surface area (Å²) in [5, 5.41) is 5.75. The first-order chi connectivity index (χ1) is 31.6. The van der Waals surface area contributed by atoms with E-state index in [4.69, 9.17) is 14.7 Å². The Morgan fingerprint density at radius 2 is 1.00 bits per heavy atom. The molecule has 0 unspecified atom stereocenters. The standard InChI is InChI=1S/C60H54N4O/c1-35(2)41-18-15-19-42(36(3)4)56(41)48-30-31-49(57-43(37(5)6)20-16-21-44(57)38(7)8)59-58(48)47-29-27-39(33-50(47)60-62-51-22-10-12-24-53(51)64(59)60)65-40-26-28-46-45-17-9-11-23-52(45)63(54(46)34-40)55-25-13-14-32-61-55/h9-38H,1-8H3. The number of imidazole rings is 1. The molecule has 7 aromatic carbocycles. The minimum absolute atomic E-state index is 0.324. The fraction of sp³-hybridized carbons (Fsp3) is 0.200. The quantitative estimate of drug-likeness (QED) is 0.136. The molecule has 0 bridgehead atoms. The highest BCUT2D eigenvalue weighted by Gasteiger charge is 2.27. The number of ether oxygens (including phenoxy) is 1. The van der Waals surface area contributed by atoms with Gasteiger partial charge in [0.15, 0.2) is 0 Å². The molecular formula is C60H54N4O. The number of fused-ring (bicyclic) bond motifs is 11. The lowest BCUT2D eigenvalue weighted by atomic mass is 9.80. The third-order valence-electron chi connectivity index (χ3n) is 13.5. The van der Waals surface area contributed by atoms with Crippen molar-refractivity contribution < 1.29 is 4.74 Å². The van der Waals surface area contributed by atoms with E-state index in [2.05, 4.69) is 204 Å². The van der Waals surface area contributed by atoms with E-state index in [9.17, 15) is 0 Å². The van der Waals surface area contributed by atoms with Gasteiger partial charge in [-0.25, -0.2) is 9.97 Å². The maximum atomic E-state index is 6.94. The first kappa shape index (κ1) is 40.5. The van der Waals surface area contributed by atoms with E-state index in [1.807, 2.05) is 18.3 Å². The van der Waals surface area contributed by atoms with Gasteiger partial charge in [-0.3, -0.25) is 8.97 Å². The van der Waals surface area contributed by atoms with Crippen LogP contribution in [-0.4, -0.2) is 18.9 Å². The van der Waals surface area contributed by atoms with Crippen molar-refractivity contribution in [1.82, 2.24) is 18.9 Å². The topological polar surface area (TPSA) is 44.3 Å². The van der Waals surface area contributed by atoms with Gasteiger partial charge in [-0.05, 0) is 129 Å². The average Bonchev–Trinajstić information content (AvgIpc) is 3.87. The van der Waals surface area contributed by atoms with Crippen LogP contribution in [0.3, 0.4) is 0 Å². The molecule has 0 radical (unpaired) electrons. The molecule has 0 saturated carbocycles. The van der Waals surface area contributed by atoms with E-state index < -0.39 is 0 Å². The fourth-order valence-electron chi connectivity index (χ4n) is 10.5. The van der Waals surface area contributed by atoms with E-state index in [0.29, 0.717) is 23.7 Å². The van der Waals surface area contributed by atoms with Crippen molar-refractivity contribution in [2.45, 2.75) is 79.1 Å². The van der Waals surface area contributed by atoms with Gasteiger partial charge >= 0.3 is 0 Å². The number of aromatic nitrogens is 4. The summed E-state index contributed by atoms with van der Waals surface area (Å²) < 4.78 is 11.6. The van der Waals surface area contributed by atoms with Crippen molar-refractivity contribution in [3.8, 4) is 39.6 Å². The normalized spacial score (nSPS) is 12.2. The number of pyridine rings is 2. The van der Waals surface area contributed by atoms with Gasteiger partial charge in [0, 0.05) is 39.4 Å². The molecule has 0 atom stereocenters. The molecule has 5 heteroatoms. The number of nitrogens with zero attached hydrogens (tertiary/aromatic N) is 4. The van der Waals surface area contributed by atoms with Gasteiger partial charge in [-0.15, -0.1) is 0 Å². The SMILES string of the molecule is CC(C)c1cccc(C(C)C)c1-c1ccc(-c2c(C(C)C)cccc2C(C)C)c2c1c1ccc(Oc3ccc4c5ccccc5n(-c5ccccn5)c4c3)cc1c1nc3ccccc3n12. The smallest absolute Gasteiger partial charge is 0.146 e. The van der Waals surface area contributed by atoms with E-state index in [0.717, 1.165) is 61.2 Å². The lowest BCUT2D eigenvalue weighted by Gasteiger charge is -2.25. The molecule has 0 N–H and O–H groups in total. The highest BCUT2D eigenvalue weighted by molar-refractivity contribution is 6.22. The fourth-order valence-corrected chi connectivity index (χ4v) is 10.5. The minimum atomic E-state index is 0.324. The Balaban J connectivity index is 1.24. The Morgan fingerprint density at radius 1 is 0.446 bits per heavy atom. The van der Waals surface area contributed by atoms with Crippen LogP contribution in [0.1, 0.15) is 101 Å². The van der Waals surface area contributed by atoms with Crippen LogP contribution < -0.4 is 4.74 Å². The number of hydrogen-bond donors (Lipinski definition) is 0. The van der Waals surface area contributed by atoms with E-state index in [-0.39, 0.29) is 0 Å². The second-order valence-corrected chi connectivity index (χ2v) is 18.9. The predicted octanol–water partition coefficient (Wildman–Crippen LogP) is 16.9. The molecule has 0 aliphatic heterocycles. The van der Waals surface area contributed by atoms with Gasteiger partial charge in [0.2, 0.25) is 0 Å². The van der Waals surface area contributed by atoms with Crippen LogP contribution in [0.2, 0.25) is 0 Å². The summed E-state index contributed by atoms with van der Waals surface area (Å²) in [7, 11) is 0. The molecule has 5 nitrogen and oxygen atoms in total. The summed E-state index contributed by atoms with van der Waals surface area (Å²) in [6.07, 6.45) is 1.85. The molecule has 0 amide bonds. The Hall–Kier alpha value is -7.24. The second-order valence-electron chi connectivity index (χ2n) is 18.9. The average molecular weight is 847 g/mol. The van der Waals surface area contributed by atoms with Crippen LogP contribution in [0.25, 0.3) is 88.2 Å². The molecule has 65 heavy (non-hydrogen) atoms. The molecule has 11 rings (SSSR count). The Bertz CT molecular complexity index is 3590. The van der Waals surface area contributed by atoms with Crippen molar-refractivity contribution in [2.24, 2.45) is 0 Å². The summed E-state index contributed by atoms with van der Waals surface area (Å²) in [5.41, 5.74) is 16.9. The van der Waals surface area contributed by atoms with Gasteiger partial charge in [0.05, 0.1) is 27.6 Å². The molecule has 0 saturated heterocycles. The first-order valence-electron chi connectivity index (χ1n) is 23.3. The molecule has 0 aliphatic carbocycles. The van der Waals surface area contributed by atoms with Gasteiger partial charge in [-0.2, -0.15) is 0 Å². The van der Waals surface area contributed by atoms with Crippen LogP contribution in [0, 0.1) is 0 Å². The van der Waals surface area contributed by atoms with Crippen LogP contribution >= 0.6 is 0 Å². The monoisotopic (exact) mass is 846 g/mol. The Labute approximate surface area is 381 Å². The summed E-state index contributed by atoms with van der Waals surface area (Å²) in [6.45, 7) is 18.6. The highest BCUT2D eigenvalue weighted by Crippen LogP contribution is 2.49. The van der Waals surface area contributed by atoms with Crippen LogP contribution in [0.15, 0.2) is 158 Å². The van der Waals surface area contributed by atoms with E-state index in [1.54, 1.807) is 0 Å². The molecule has 320 valence electrons.